The van der Waals surface area contributed by atoms with Crippen LogP contribution in [0, 0.1) is 28.1 Å². The SMILES string of the molecule is C[C@H]1[C@@H](O[Si](C)(C)C)[C@](C#N)(c2ccc3c(NC(=O)OCOC(=O)C(C)(C)C)ncnn23)O[C@@H]1COC(=O)[C@@H](N)C(C)(C)C. The number of fused-ring (bicyclic) bond motifs is 1. The van der Waals surface area contributed by atoms with Crippen LogP contribution in [-0.2, 0) is 38.6 Å². The fraction of sp³-hybridized carbons (Fsp3) is 0.655. The van der Waals surface area contributed by atoms with E-state index < -0.39 is 67.8 Å². The molecule has 0 radical (unpaired) electrons. The summed E-state index contributed by atoms with van der Waals surface area (Å²) in [6, 6.07) is 4.74. The van der Waals surface area contributed by atoms with Crippen molar-refractivity contribution in [2.75, 3.05) is 18.7 Å². The van der Waals surface area contributed by atoms with Crippen molar-refractivity contribution in [2.45, 2.75) is 92.0 Å². The second kappa shape index (κ2) is 12.8. The Morgan fingerprint density at radius 1 is 1.16 bits per heavy atom. The zero-order chi connectivity index (χ0) is 33.3. The minimum absolute atomic E-state index is 0.0850. The molecule has 1 amide bonds. The molecule has 5 atom stereocenters. The van der Waals surface area contributed by atoms with E-state index in [9.17, 15) is 19.6 Å². The topological polar surface area (TPSA) is 189 Å². The molecule has 3 N–H and O–H groups in total. The number of nitrogens with zero attached hydrogens (tertiary/aromatic N) is 4. The van der Waals surface area contributed by atoms with Crippen molar-refractivity contribution in [1.82, 2.24) is 14.6 Å². The molecule has 0 aliphatic carbocycles. The monoisotopic (exact) mass is 632 g/mol. The maximum Gasteiger partial charge on any atom is 0.415 e. The lowest BCUT2D eigenvalue weighted by atomic mass is 9.87. The number of nitrogens with one attached hydrogen (secondary N) is 1. The fourth-order valence-corrected chi connectivity index (χ4v) is 5.64. The number of hydrogen-bond acceptors (Lipinski definition) is 12. The van der Waals surface area contributed by atoms with Crippen molar-refractivity contribution in [1.29, 1.82) is 5.26 Å². The third-order valence-electron chi connectivity index (χ3n) is 7.07. The van der Waals surface area contributed by atoms with Gasteiger partial charge in [-0.2, -0.15) is 10.4 Å². The number of nitriles is 1. The number of carbonyl (C=O) groups is 3. The average Bonchev–Trinajstić information content (AvgIpc) is 3.45. The Morgan fingerprint density at radius 3 is 2.39 bits per heavy atom. The molecule has 0 aromatic carbocycles. The van der Waals surface area contributed by atoms with Crippen molar-refractivity contribution >= 4 is 37.7 Å². The summed E-state index contributed by atoms with van der Waals surface area (Å²) in [5, 5.41) is 17.5. The van der Waals surface area contributed by atoms with Crippen LogP contribution in [0.1, 0.15) is 54.2 Å². The van der Waals surface area contributed by atoms with E-state index in [0.717, 1.165) is 0 Å². The predicted molar refractivity (Wildman–Crippen MR) is 161 cm³/mol. The molecule has 3 rings (SSSR count). The summed E-state index contributed by atoms with van der Waals surface area (Å²) >= 11 is 0. The van der Waals surface area contributed by atoms with Gasteiger partial charge < -0.3 is 29.1 Å². The van der Waals surface area contributed by atoms with E-state index in [0.29, 0.717) is 11.2 Å². The molecule has 2 aromatic rings. The third-order valence-corrected chi connectivity index (χ3v) is 8.03. The van der Waals surface area contributed by atoms with Crippen LogP contribution in [0.25, 0.3) is 5.52 Å². The lowest BCUT2D eigenvalue weighted by molar-refractivity contribution is -0.161. The highest BCUT2D eigenvalue weighted by Gasteiger charge is 2.58. The summed E-state index contributed by atoms with van der Waals surface area (Å²) in [6.45, 7) is 17.7. The van der Waals surface area contributed by atoms with Crippen LogP contribution in [0.15, 0.2) is 18.5 Å². The van der Waals surface area contributed by atoms with Gasteiger partial charge >= 0.3 is 18.0 Å². The summed E-state index contributed by atoms with van der Waals surface area (Å²) in [5.74, 6) is -1.38. The van der Waals surface area contributed by atoms with Crippen molar-refractivity contribution in [3.63, 3.8) is 0 Å². The highest BCUT2D eigenvalue weighted by Crippen LogP contribution is 2.46. The minimum Gasteiger partial charge on any atom is -0.462 e. The molecule has 1 aliphatic heterocycles. The normalized spacial score (nSPS) is 23.1. The lowest BCUT2D eigenvalue weighted by Gasteiger charge is -2.33. The minimum atomic E-state index is -2.24. The number of rotatable bonds is 9. The van der Waals surface area contributed by atoms with Crippen LogP contribution in [0.3, 0.4) is 0 Å². The molecule has 15 heteroatoms. The number of ether oxygens (including phenoxy) is 4. The Morgan fingerprint density at radius 2 is 1.82 bits per heavy atom. The smallest absolute Gasteiger partial charge is 0.415 e. The number of nitrogens with two attached hydrogens (primary N) is 1. The molecule has 14 nitrogen and oxygen atoms in total. The molecule has 1 aliphatic rings. The summed E-state index contributed by atoms with van der Waals surface area (Å²) in [7, 11) is -2.24. The quantitative estimate of drug-likeness (QED) is 0.232. The zero-order valence-electron chi connectivity index (χ0n) is 27.1. The molecule has 2 aromatic heterocycles. The van der Waals surface area contributed by atoms with Gasteiger partial charge in [-0.25, -0.2) is 14.3 Å². The first-order valence-corrected chi connectivity index (χ1v) is 17.8. The van der Waals surface area contributed by atoms with E-state index in [4.69, 9.17) is 29.1 Å². The highest BCUT2D eigenvalue weighted by molar-refractivity contribution is 6.69. The molecule has 0 spiro atoms. The van der Waals surface area contributed by atoms with Crippen molar-refractivity contribution in [3.8, 4) is 6.07 Å². The van der Waals surface area contributed by atoms with Crippen LogP contribution in [0.4, 0.5) is 10.6 Å². The number of amides is 1. The largest absolute Gasteiger partial charge is 0.462 e. The van der Waals surface area contributed by atoms with E-state index in [1.807, 2.05) is 47.3 Å². The third kappa shape index (κ3) is 7.73. The number of esters is 2. The fourth-order valence-electron chi connectivity index (χ4n) is 4.49. The number of anilines is 1. The maximum atomic E-state index is 12.7. The molecule has 1 fully saturated rings. The standard InChI is InChI=1S/C29H44N6O8Si/c1-17-19(13-39-24(36)21(31)27(2,3)4)42-29(14-30,22(17)43-44(8,9)10)20-12-11-18-23(32-15-33-35(18)20)34-26(38)41-16-40-25(37)28(5,6)7/h11-12,15,17,19,21-22H,13,16,31H2,1-10H3,(H,32,33,34,38)/t17-,19-,21-,22-,29+/m1/s1. The Bertz CT molecular complexity index is 1420. The van der Waals surface area contributed by atoms with E-state index in [2.05, 4.69) is 21.5 Å². The van der Waals surface area contributed by atoms with Gasteiger partial charge in [0.15, 0.2) is 14.1 Å². The van der Waals surface area contributed by atoms with E-state index in [1.165, 1.54) is 10.8 Å². The van der Waals surface area contributed by atoms with Crippen molar-refractivity contribution in [3.05, 3.63) is 24.2 Å². The molecule has 44 heavy (non-hydrogen) atoms. The zero-order valence-corrected chi connectivity index (χ0v) is 28.1. The van der Waals surface area contributed by atoms with Crippen molar-refractivity contribution < 1.29 is 37.8 Å². The van der Waals surface area contributed by atoms with Crippen LogP contribution in [0.2, 0.25) is 19.6 Å². The molecule has 0 bridgehead atoms. The second-order valence-electron chi connectivity index (χ2n) is 14.0. The summed E-state index contributed by atoms with van der Waals surface area (Å²) in [4.78, 5) is 41.2. The average molecular weight is 633 g/mol. The molecule has 0 unspecified atom stereocenters. The van der Waals surface area contributed by atoms with Crippen LogP contribution in [-0.4, -0.2) is 72.6 Å². The lowest BCUT2D eigenvalue weighted by Crippen LogP contribution is -2.46. The Kier molecular flexibility index (Phi) is 10.2. The molecule has 0 saturated carbocycles. The van der Waals surface area contributed by atoms with E-state index in [-0.39, 0.29) is 18.3 Å². The summed E-state index contributed by atoms with van der Waals surface area (Å²) < 4.78 is 29.9. The van der Waals surface area contributed by atoms with Gasteiger partial charge in [-0.3, -0.25) is 14.9 Å². The van der Waals surface area contributed by atoms with E-state index >= 15 is 0 Å². The summed E-state index contributed by atoms with van der Waals surface area (Å²) in [6.07, 6.45) is -1.14. The Labute approximate surface area is 258 Å². The molecule has 3 heterocycles. The summed E-state index contributed by atoms with van der Waals surface area (Å²) in [5.41, 5.74) is 3.86. The van der Waals surface area contributed by atoms with Gasteiger partial charge in [0.05, 0.1) is 23.3 Å². The molecule has 1 saturated heterocycles. The van der Waals surface area contributed by atoms with Gasteiger partial charge in [0.25, 0.3) is 0 Å². The van der Waals surface area contributed by atoms with Gasteiger partial charge in [0.2, 0.25) is 12.4 Å². The van der Waals surface area contributed by atoms with Gasteiger partial charge in [-0.1, -0.05) is 27.7 Å². The van der Waals surface area contributed by atoms with Gasteiger partial charge in [0.1, 0.15) is 30.6 Å². The Balaban J connectivity index is 1.90. The van der Waals surface area contributed by atoms with Crippen LogP contribution < -0.4 is 11.1 Å². The van der Waals surface area contributed by atoms with Crippen molar-refractivity contribution in [2.24, 2.45) is 22.5 Å². The van der Waals surface area contributed by atoms with Crippen LogP contribution in [0.5, 0.6) is 0 Å². The molecule has 242 valence electrons. The molecular formula is C29H44N6O8Si. The number of hydrogen-bond donors (Lipinski definition) is 2. The highest BCUT2D eigenvalue weighted by atomic mass is 28.4. The first-order chi connectivity index (χ1) is 20.2. The number of aromatic nitrogens is 3. The van der Waals surface area contributed by atoms with Gasteiger partial charge in [-0.15, -0.1) is 0 Å². The first-order valence-electron chi connectivity index (χ1n) is 14.3. The molecular weight excluding hydrogens is 588 g/mol. The number of carbonyl (C=O) groups excluding carboxylic acids is 3. The predicted octanol–water partition coefficient (Wildman–Crippen LogP) is 3.72. The van der Waals surface area contributed by atoms with E-state index in [1.54, 1.807) is 32.9 Å². The second-order valence-corrected chi connectivity index (χ2v) is 18.4. The Hall–Kier alpha value is -3.58. The first kappa shape index (κ1) is 34.9. The van der Waals surface area contributed by atoms with Gasteiger partial charge in [0, 0.05) is 5.92 Å². The van der Waals surface area contributed by atoms with Crippen LogP contribution >= 0.6 is 0 Å². The van der Waals surface area contributed by atoms with Gasteiger partial charge in [-0.05, 0) is 58.0 Å². The maximum absolute atomic E-state index is 12.7.